The van der Waals surface area contributed by atoms with Crippen LogP contribution in [0.4, 0.5) is 8.78 Å². The number of nitrogens with zero attached hydrogens (tertiary/aromatic N) is 1. The number of carbonyl (C=O) groups is 1. The summed E-state index contributed by atoms with van der Waals surface area (Å²) in [6.07, 6.45) is 1.18. The van der Waals surface area contributed by atoms with Crippen molar-refractivity contribution in [1.29, 1.82) is 0 Å². The monoisotopic (exact) mass is 255 g/mol. The SMILES string of the molecule is O=C(O)c1cnc(-c2cc(F)ccc2CF)s1. The van der Waals surface area contributed by atoms with Gasteiger partial charge in [-0.1, -0.05) is 6.07 Å². The van der Waals surface area contributed by atoms with Gasteiger partial charge in [0.25, 0.3) is 0 Å². The third-order valence-electron chi connectivity index (χ3n) is 2.16. The predicted molar refractivity (Wildman–Crippen MR) is 59.3 cm³/mol. The molecule has 2 aromatic rings. The second kappa shape index (κ2) is 4.58. The molecule has 0 spiro atoms. The van der Waals surface area contributed by atoms with Crippen LogP contribution in [-0.4, -0.2) is 16.1 Å². The van der Waals surface area contributed by atoms with Crippen LogP contribution in [0.15, 0.2) is 24.4 Å². The number of rotatable bonds is 3. The van der Waals surface area contributed by atoms with E-state index in [2.05, 4.69) is 4.98 Å². The van der Waals surface area contributed by atoms with Gasteiger partial charge in [-0.25, -0.2) is 18.6 Å². The van der Waals surface area contributed by atoms with Crippen LogP contribution in [-0.2, 0) is 6.67 Å². The number of halogens is 2. The van der Waals surface area contributed by atoms with Gasteiger partial charge in [-0.2, -0.15) is 0 Å². The van der Waals surface area contributed by atoms with Crippen LogP contribution in [0, 0.1) is 5.82 Å². The molecule has 0 aliphatic carbocycles. The maximum atomic E-state index is 13.1. The first kappa shape index (κ1) is 11.7. The van der Waals surface area contributed by atoms with E-state index >= 15 is 0 Å². The van der Waals surface area contributed by atoms with Crippen LogP contribution < -0.4 is 0 Å². The third-order valence-corrected chi connectivity index (χ3v) is 3.18. The zero-order valence-electron chi connectivity index (χ0n) is 8.48. The summed E-state index contributed by atoms with van der Waals surface area (Å²) < 4.78 is 25.8. The van der Waals surface area contributed by atoms with E-state index < -0.39 is 18.5 Å². The lowest BCUT2D eigenvalue weighted by Crippen LogP contribution is -1.89. The smallest absolute Gasteiger partial charge is 0.347 e. The molecule has 1 aromatic carbocycles. The minimum atomic E-state index is -1.10. The normalized spacial score (nSPS) is 10.5. The first-order valence-electron chi connectivity index (χ1n) is 4.65. The standard InChI is InChI=1S/C11H7F2NO2S/c12-4-6-1-2-7(13)3-8(6)10-14-5-9(17-10)11(15)16/h1-3,5H,4H2,(H,15,16). The van der Waals surface area contributed by atoms with Crippen molar-refractivity contribution in [2.75, 3.05) is 0 Å². The van der Waals surface area contributed by atoms with Crippen molar-refractivity contribution in [3.05, 3.63) is 40.7 Å². The molecule has 6 heteroatoms. The molecule has 0 bridgehead atoms. The summed E-state index contributed by atoms with van der Waals surface area (Å²) in [5, 5.41) is 9.05. The lowest BCUT2D eigenvalue weighted by atomic mass is 10.1. The van der Waals surface area contributed by atoms with Crippen LogP contribution in [0.5, 0.6) is 0 Å². The molecular weight excluding hydrogens is 248 g/mol. The molecule has 0 amide bonds. The van der Waals surface area contributed by atoms with E-state index in [0.29, 0.717) is 10.6 Å². The minimum Gasteiger partial charge on any atom is -0.477 e. The van der Waals surface area contributed by atoms with Crippen molar-refractivity contribution in [3.63, 3.8) is 0 Å². The molecule has 0 radical (unpaired) electrons. The number of carboxylic acids is 1. The molecule has 1 N–H and O–H groups in total. The Morgan fingerprint density at radius 3 is 2.82 bits per heavy atom. The molecule has 0 saturated heterocycles. The lowest BCUT2D eigenvalue weighted by Gasteiger charge is -2.02. The number of benzene rings is 1. The van der Waals surface area contributed by atoms with Gasteiger partial charge in [0.15, 0.2) is 0 Å². The maximum absolute atomic E-state index is 13.1. The van der Waals surface area contributed by atoms with Gasteiger partial charge in [0.1, 0.15) is 22.4 Å². The fourth-order valence-electron chi connectivity index (χ4n) is 1.36. The van der Waals surface area contributed by atoms with Crippen molar-refractivity contribution >= 4 is 17.3 Å². The number of carboxylic acid groups (broad SMARTS) is 1. The highest BCUT2D eigenvalue weighted by Gasteiger charge is 2.13. The Labute approximate surface area is 99.4 Å². The Bertz CT molecular complexity index is 568. The summed E-state index contributed by atoms with van der Waals surface area (Å²) >= 11 is 0.888. The van der Waals surface area contributed by atoms with E-state index in [-0.39, 0.29) is 10.4 Å². The number of aromatic nitrogens is 1. The highest BCUT2D eigenvalue weighted by molar-refractivity contribution is 7.16. The van der Waals surface area contributed by atoms with E-state index in [1.807, 2.05) is 0 Å². The minimum absolute atomic E-state index is 0.0362. The molecule has 0 aliphatic heterocycles. The number of aromatic carboxylic acids is 1. The van der Waals surface area contributed by atoms with E-state index in [4.69, 9.17) is 5.11 Å². The van der Waals surface area contributed by atoms with Crippen LogP contribution in [0.3, 0.4) is 0 Å². The molecular formula is C11H7F2NO2S. The maximum Gasteiger partial charge on any atom is 0.347 e. The number of thiazole rings is 1. The van der Waals surface area contributed by atoms with Gasteiger partial charge in [-0.05, 0) is 17.7 Å². The molecule has 0 fully saturated rings. The first-order valence-corrected chi connectivity index (χ1v) is 5.47. The second-order valence-corrected chi connectivity index (χ2v) is 4.30. The van der Waals surface area contributed by atoms with Crippen LogP contribution >= 0.6 is 11.3 Å². The van der Waals surface area contributed by atoms with E-state index in [1.54, 1.807) is 0 Å². The molecule has 17 heavy (non-hydrogen) atoms. The Kier molecular flexibility index (Phi) is 3.14. The van der Waals surface area contributed by atoms with Crippen molar-refractivity contribution in [1.82, 2.24) is 4.98 Å². The molecule has 1 aromatic heterocycles. The molecule has 1 heterocycles. The second-order valence-electron chi connectivity index (χ2n) is 3.27. The summed E-state index contributed by atoms with van der Waals surface area (Å²) in [5.41, 5.74) is 0.586. The average Bonchev–Trinajstić information content (AvgIpc) is 2.78. The fourth-order valence-corrected chi connectivity index (χ4v) is 2.17. The van der Waals surface area contributed by atoms with Crippen LogP contribution in [0.2, 0.25) is 0 Å². The molecule has 0 saturated carbocycles. The Hall–Kier alpha value is -1.82. The molecule has 3 nitrogen and oxygen atoms in total. The summed E-state index contributed by atoms with van der Waals surface area (Å²) in [7, 11) is 0. The van der Waals surface area contributed by atoms with E-state index in [1.165, 1.54) is 12.3 Å². The van der Waals surface area contributed by atoms with Gasteiger partial charge >= 0.3 is 5.97 Å². The number of alkyl halides is 1. The van der Waals surface area contributed by atoms with Crippen LogP contribution in [0.25, 0.3) is 10.6 Å². The Balaban J connectivity index is 2.51. The lowest BCUT2D eigenvalue weighted by molar-refractivity contribution is 0.0702. The largest absolute Gasteiger partial charge is 0.477 e. The van der Waals surface area contributed by atoms with E-state index in [0.717, 1.165) is 23.5 Å². The molecule has 88 valence electrons. The first-order chi connectivity index (χ1) is 8.11. The molecule has 0 aliphatic rings. The van der Waals surface area contributed by atoms with Gasteiger partial charge in [0.2, 0.25) is 0 Å². The van der Waals surface area contributed by atoms with Gasteiger partial charge in [-0.15, -0.1) is 11.3 Å². The predicted octanol–water partition coefficient (Wildman–Crippen LogP) is 3.12. The third kappa shape index (κ3) is 2.31. The zero-order chi connectivity index (χ0) is 12.4. The van der Waals surface area contributed by atoms with Crippen LogP contribution in [0.1, 0.15) is 15.2 Å². The highest BCUT2D eigenvalue weighted by atomic mass is 32.1. The summed E-state index contributed by atoms with van der Waals surface area (Å²) in [4.78, 5) is 14.6. The molecule has 0 atom stereocenters. The Morgan fingerprint density at radius 1 is 1.47 bits per heavy atom. The summed E-state index contributed by atoms with van der Waals surface area (Å²) in [5.74, 6) is -1.61. The van der Waals surface area contributed by atoms with Gasteiger partial charge in [-0.3, -0.25) is 0 Å². The van der Waals surface area contributed by atoms with Crippen molar-refractivity contribution in [2.24, 2.45) is 0 Å². The quantitative estimate of drug-likeness (QED) is 0.916. The summed E-state index contributed by atoms with van der Waals surface area (Å²) in [6.45, 7) is -0.752. The van der Waals surface area contributed by atoms with Crippen molar-refractivity contribution in [3.8, 4) is 10.6 Å². The number of hydrogen-bond acceptors (Lipinski definition) is 3. The van der Waals surface area contributed by atoms with Crippen molar-refractivity contribution < 1.29 is 18.7 Å². The van der Waals surface area contributed by atoms with Gasteiger partial charge in [0, 0.05) is 5.56 Å². The van der Waals surface area contributed by atoms with Gasteiger partial charge in [0.05, 0.1) is 6.20 Å². The topological polar surface area (TPSA) is 50.2 Å². The molecule has 0 unspecified atom stereocenters. The summed E-state index contributed by atoms with van der Waals surface area (Å²) in [6, 6.07) is 3.63. The van der Waals surface area contributed by atoms with Gasteiger partial charge < -0.3 is 5.11 Å². The highest BCUT2D eigenvalue weighted by Crippen LogP contribution is 2.29. The van der Waals surface area contributed by atoms with Crippen molar-refractivity contribution in [2.45, 2.75) is 6.67 Å². The zero-order valence-corrected chi connectivity index (χ0v) is 9.30. The Morgan fingerprint density at radius 2 is 2.24 bits per heavy atom. The fraction of sp³-hybridized carbons (Fsp3) is 0.0909. The number of hydrogen-bond donors (Lipinski definition) is 1. The average molecular weight is 255 g/mol. The van der Waals surface area contributed by atoms with E-state index in [9.17, 15) is 13.6 Å². The molecule has 2 rings (SSSR count).